The van der Waals surface area contributed by atoms with Crippen molar-refractivity contribution >= 4 is 0 Å². The minimum Gasteiger partial charge on any atom is -0.508 e. The zero-order chi connectivity index (χ0) is 16.6. The first-order chi connectivity index (χ1) is 10.9. The van der Waals surface area contributed by atoms with Crippen molar-refractivity contribution in [2.24, 2.45) is 11.8 Å². The molecule has 3 atom stereocenters. The fourth-order valence-corrected chi connectivity index (χ4v) is 4.74. The Morgan fingerprint density at radius 3 is 2.74 bits per heavy atom. The van der Waals surface area contributed by atoms with Gasteiger partial charge in [0.2, 0.25) is 0 Å². The highest BCUT2D eigenvalue weighted by Crippen LogP contribution is 2.55. The SMILES string of the molecule is CCCCCc1cc(O)c2c(c1)OC(C)(C)C1CC[C@H](C)CC21. The maximum Gasteiger partial charge on any atom is 0.127 e. The van der Waals surface area contributed by atoms with Crippen LogP contribution < -0.4 is 4.74 Å². The van der Waals surface area contributed by atoms with Gasteiger partial charge < -0.3 is 9.84 Å². The summed E-state index contributed by atoms with van der Waals surface area (Å²) in [6, 6.07) is 4.19. The Kier molecular flexibility index (Phi) is 4.62. The van der Waals surface area contributed by atoms with Crippen LogP contribution in [-0.2, 0) is 6.42 Å². The third-order valence-corrected chi connectivity index (χ3v) is 6.00. The van der Waals surface area contributed by atoms with Gasteiger partial charge in [0.1, 0.15) is 17.1 Å². The van der Waals surface area contributed by atoms with Crippen LogP contribution in [-0.4, -0.2) is 10.7 Å². The van der Waals surface area contributed by atoms with Gasteiger partial charge in [0.25, 0.3) is 0 Å². The molecule has 0 bridgehead atoms. The van der Waals surface area contributed by atoms with Crippen LogP contribution >= 0.6 is 0 Å². The average Bonchev–Trinajstić information content (AvgIpc) is 2.46. The predicted molar refractivity (Wildman–Crippen MR) is 95.3 cm³/mol. The Morgan fingerprint density at radius 2 is 2.00 bits per heavy atom. The molecule has 0 saturated heterocycles. The summed E-state index contributed by atoms with van der Waals surface area (Å²) in [7, 11) is 0. The molecule has 1 aliphatic carbocycles. The molecule has 1 aromatic carbocycles. The summed E-state index contributed by atoms with van der Waals surface area (Å²) in [4.78, 5) is 0. The summed E-state index contributed by atoms with van der Waals surface area (Å²) >= 11 is 0. The highest BCUT2D eigenvalue weighted by atomic mass is 16.5. The average molecular weight is 316 g/mol. The van der Waals surface area contributed by atoms with Gasteiger partial charge >= 0.3 is 0 Å². The maximum absolute atomic E-state index is 10.7. The van der Waals surface area contributed by atoms with Crippen LogP contribution in [0.2, 0.25) is 0 Å². The normalized spacial score (nSPS) is 28.6. The number of unbranched alkanes of at least 4 members (excludes halogenated alkanes) is 2. The van der Waals surface area contributed by atoms with Gasteiger partial charge in [0, 0.05) is 11.5 Å². The molecule has 0 amide bonds. The molecule has 1 heterocycles. The fraction of sp³-hybridized carbons (Fsp3) is 0.714. The molecule has 23 heavy (non-hydrogen) atoms. The zero-order valence-electron chi connectivity index (χ0n) is 15.2. The second kappa shape index (κ2) is 6.37. The summed E-state index contributed by atoms with van der Waals surface area (Å²) in [5, 5.41) is 10.7. The highest BCUT2D eigenvalue weighted by molar-refractivity contribution is 5.52. The van der Waals surface area contributed by atoms with E-state index in [0.29, 0.717) is 17.6 Å². The van der Waals surface area contributed by atoms with E-state index in [1.165, 1.54) is 44.1 Å². The molecule has 1 N–H and O–H groups in total. The first-order valence-corrected chi connectivity index (χ1v) is 9.47. The van der Waals surface area contributed by atoms with Gasteiger partial charge in [-0.3, -0.25) is 0 Å². The molecular weight excluding hydrogens is 284 g/mol. The summed E-state index contributed by atoms with van der Waals surface area (Å²) < 4.78 is 6.39. The topological polar surface area (TPSA) is 29.5 Å². The van der Waals surface area contributed by atoms with Crippen molar-refractivity contribution in [2.45, 2.75) is 84.2 Å². The van der Waals surface area contributed by atoms with Gasteiger partial charge in [0.15, 0.2) is 0 Å². The minimum absolute atomic E-state index is 0.133. The molecule has 1 saturated carbocycles. The van der Waals surface area contributed by atoms with E-state index in [2.05, 4.69) is 33.8 Å². The first kappa shape index (κ1) is 16.7. The standard InChI is InChI=1S/C21H32O2/c1-5-6-7-8-15-12-18(22)20-16-11-14(2)9-10-17(16)21(3,4)23-19(20)13-15/h12-14,16-17,22H,5-11H2,1-4H3/t14-,16?,17?/m0/s1. The van der Waals surface area contributed by atoms with E-state index in [0.717, 1.165) is 23.7 Å². The number of ether oxygens (including phenoxy) is 1. The lowest BCUT2D eigenvalue weighted by molar-refractivity contribution is -0.0145. The van der Waals surface area contributed by atoms with Crippen LogP contribution in [0.25, 0.3) is 0 Å². The molecule has 2 heteroatoms. The predicted octanol–water partition coefficient (Wildman–Crippen LogP) is 5.82. The Hall–Kier alpha value is -1.18. The van der Waals surface area contributed by atoms with E-state index in [-0.39, 0.29) is 5.60 Å². The van der Waals surface area contributed by atoms with Gasteiger partial charge in [-0.1, -0.05) is 33.1 Å². The van der Waals surface area contributed by atoms with Crippen LogP contribution in [0.5, 0.6) is 11.5 Å². The Bertz CT molecular complexity index is 561. The van der Waals surface area contributed by atoms with E-state index in [1.54, 1.807) is 0 Å². The molecule has 2 unspecified atom stereocenters. The number of benzene rings is 1. The van der Waals surface area contributed by atoms with Crippen LogP contribution in [0.3, 0.4) is 0 Å². The van der Waals surface area contributed by atoms with Crippen LogP contribution in [0.15, 0.2) is 12.1 Å². The lowest BCUT2D eigenvalue weighted by Crippen LogP contribution is -2.46. The highest BCUT2D eigenvalue weighted by Gasteiger charge is 2.47. The molecule has 1 fully saturated rings. The summed E-state index contributed by atoms with van der Waals surface area (Å²) in [5.41, 5.74) is 2.17. The van der Waals surface area contributed by atoms with E-state index in [1.807, 2.05) is 6.07 Å². The Balaban J connectivity index is 1.94. The van der Waals surface area contributed by atoms with E-state index < -0.39 is 0 Å². The molecule has 2 nitrogen and oxygen atoms in total. The number of phenolic OH excluding ortho intramolecular Hbond substituents is 1. The Morgan fingerprint density at radius 1 is 1.22 bits per heavy atom. The molecule has 3 rings (SSSR count). The summed E-state index contributed by atoms with van der Waals surface area (Å²) in [5.74, 6) is 3.11. The monoisotopic (exact) mass is 316 g/mol. The van der Waals surface area contributed by atoms with Crippen molar-refractivity contribution in [1.29, 1.82) is 0 Å². The van der Waals surface area contributed by atoms with Crippen molar-refractivity contribution in [3.8, 4) is 11.5 Å². The van der Waals surface area contributed by atoms with Crippen molar-refractivity contribution in [1.82, 2.24) is 0 Å². The van der Waals surface area contributed by atoms with Crippen LogP contribution in [0.4, 0.5) is 0 Å². The van der Waals surface area contributed by atoms with Crippen molar-refractivity contribution in [3.63, 3.8) is 0 Å². The molecule has 0 spiro atoms. The Labute approximate surface area is 141 Å². The number of phenols is 1. The van der Waals surface area contributed by atoms with Gasteiger partial charge in [0.05, 0.1) is 0 Å². The van der Waals surface area contributed by atoms with E-state index >= 15 is 0 Å². The third-order valence-electron chi connectivity index (χ3n) is 6.00. The largest absolute Gasteiger partial charge is 0.508 e. The number of aromatic hydroxyl groups is 1. The number of hydrogen-bond donors (Lipinski definition) is 1. The molecule has 0 aromatic heterocycles. The van der Waals surface area contributed by atoms with Gasteiger partial charge in [-0.15, -0.1) is 0 Å². The molecule has 2 aliphatic rings. The smallest absolute Gasteiger partial charge is 0.127 e. The minimum atomic E-state index is -0.133. The quantitative estimate of drug-likeness (QED) is 0.710. The van der Waals surface area contributed by atoms with Crippen molar-refractivity contribution in [3.05, 3.63) is 23.3 Å². The number of hydrogen-bond acceptors (Lipinski definition) is 2. The second-order valence-electron chi connectivity index (χ2n) is 8.32. The van der Waals surface area contributed by atoms with Crippen LogP contribution in [0.1, 0.15) is 83.3 Å². The fourth-order valence-electron chi connectivity index (χ4n) is 4.74. The maximum atomic E-state index is 10.7. The van der Waals surface area contributed by atoms with E-state index in [4.69, 9.17) is 4.74 Å². The van der Waals surface area contributed by atoms with E-state index in [9.17, 15) is 5.11 Å². The van der Waals surface area contributed by atoms with Crippen molar-refractivity contribution in [2.75, 3.05) is 0 Å². The molecular formula is C21H32O2. The molecule has 1 aromatic rings. The number of rotatable bonds is 4. The first-order valence-electron chi connectivity index (χ1n) is 9.47. The lowest BCUT2D eigenvalue weighted by Gasteiger charge is -2.48. The molecule has 128 valence electrons. The van der Waals surface area contributed by atoms with Gasteiger partial charge in [-0.25, -0.2) is 0 Å². The third kappa shape index (κ3) is 3.22. The van der Waals surface area contributed by atoms with Crippen LogP contribution in [0, 0.1) is 11.8 Å². The molecule has 0 radical (unpaired) electrons. The van der Waals surface area contributed by atoms with Gasteiger partial charge in [-0.2, -0.15) is 0 Å². The second-order valence-corrected chi connectivity index (χ2v) is 8.32. The van der Waals surface area contributed by atoms with Crippen molar-refractivity contribution < 1.29 is 9.84 Å². The van der Waals surface area contributed by atoms with Gasteiger partial charge in [-0.05, 0) is 69.1 Å². The summed E-state index contributed by atoms with van der Waals surface area (Å²) in [6.07, 6.45) is 8.33. The molecule has 1 aliphatic heterocycles. The summed E-state index contributed by atoms with van der Waals surface area (Å²) in [6.45, 7) is 9.02. The number of fused-ring (bicyclic) bond motifs is 3. The zero-order valence-corrected chi connectivity index (χ0v) is 15.2. The number of aryl methyl sites for hydroxylation is 1. The lowest BCUT2D eigenvalue weighted by atomic mass is 9.64.